The van der Waals surface area contributed by atoms with Crippen molar-refractivity contribution in [3.05, 3.63) is 15.8 Å². The Balaban J connectivity index is 1.65. The smallest absolute Gasteiger partial charge is 0.322 e. The first-order valence-corrected chi connectivity index (χ1v) is 6.92. The molecule has 92 valence electrons. The van der Waals surface area contributed by atoms with Crippen molar-refractivity contribution < 1.29 is 9.53 Å². The summed E-state index contributed by atoms with van der Waals surface area (Å²) in [5.74, 6) is 0. The van der Waals surface area contributed by atoms with Gasteiger partial charge in [0.2, 0.25) is 0 Å². The standard InChI is InChI=1S/C11H13ClN2O2S/c12-10-9(3-4-17-10)13-11(15)14-5-7-1-2-8(6-14)16-7/h3-4,7-8H,1-2,5-6H2,(H,13,15). The number of rotatable bonds is 1. The van der Waals surface area contributed by atoms with Crippen LogP contribution >= 0.6 is 22.9 Å². The van der Waals surface area contributed by atoms with Crippen molar-refractivity contribution in [3.8, 4) is 0 Å². The van der Waals surface area contributed by atoms with E-state index < -0.39 is 0 Å². The fourth-order valence-corrected chi connectivity index (χ4v) is 3.19. The number of urea groups is 1. The van der Waals surface area contributed by atoms with Crippen molar-refractivity contribution in [2.45, 2.75) is 25.0 Å². The zero-order valence-electron chi connectivity index (χ0n) is 9.19. The summed E-state index contributed by atoms with van der Waals surface area (Å²) < 4.78 is 6.31. The third-order valence-electron chi connectivity index (χ3n) is 3.19. The third-order valence-corrected chi connectivity index (χ3v) is 4.36. The van der Waals surface area contributed by atoms with E-state index in [1.165, 1.54) is 11.3 Å². The lowest BCUT2D eigenvalue weighted by atomic mass is 10.2. The van der Waals surface area contributed by atoms with Gasteiger partial charge in [-0.15, -0.1) is 11.3 Å². The molecule has 0 spiro atoms. The summed E-state index contributed by atoms with van der Waals surface area (Å²) in [5, 5.41) is 4.70. The summed E-state index contributed by atoms with van der Waals surface area (Å²) in [6.07, 6.45) is 2.57. The van der Waals surface area contributed by atoms with E-state index in [2.05, 4.69) is 5.32 Å². The lowest BCUT2D eigenvalue weighted by Gasteiger charge is -2.32. The molecule has 2 fully saturated rings. The van der Waals surface area contributed by atoms with Crippen LogP contribution in [0.1, 0.15) is 12.8 Å². The summed E-state index contributed by atoms with van der Waals surface area (Å²) in [7, 11) is 0. The Labute approximate surface area is 109 Å². The second-order valence-corrected chi connectivity index (χ2v) is 5.92. The number of halogens is 1. The van der Waals surface area contributed by atoms with E-state index in [0.717, 1.165) is 12.8 Å². The van der Waals surface area contributed by atoms with Crippen LogP contribution in [0.2, 0.25) is 4.34 Å². The number of anilines is 1. The average molecular weight is 273 g/mol. The molecule has 17 heavy (non-hydrogen) atoms. The van der Waals surface area contributed by atoms with Gasteiger partial charge in [-0.05, 0) is 24.3 Å². The fraction of sp³-hybridized carbons (Fsp3) is 0.545. The van der Waals surface area contributed by atoms with Crippen molar-refractivity contribution in [1.82, 2.24) is 4.90 Å². The number of thiophene rings is 1. The number of fused-ring (bicyclic) bond motifs is 2. The SMILES string of the molecule is O=C(Nc1ccsc1Cl)N1CC2CCC(C1)O2. The Morgan fingerprint density at radius 3 is 2.76 bits per heavy atom. The van der Waals surface area contributed by atoms with Crippen LogP contribution in [0.15, 0.2) is 11.4 Å². The van der Waals surface area contributed by atoms with Crippen LogP contribution in [-0.2, 0) is 4.74 Å². The molecule has 2 atom stereocenters. The van der Waals surface area contributed by atoms with Crippen LogP contribution in [0.25, 0.3) is 0 Å². The molecule has 2 bridgehead atoms. The summed E-state index contributed by atoms with van der Waals surface area (Å²) in [6, 6.07) is 1.74. The van der Waals surface area contributed by atoms with E-state index >= 15 is 0 Å². The van der Waals surface area contributed by atoms with Gasteiger partial charge in [-0.25, -0.2) is 4.79 Å². The molecule has 2 aliphatic heterocycles. The average Bonchev–Trinajstić information content (AvgIpc) is 2.86. The van der Waals surface area contributed by atoms with Gasteiger partial charge in [-0.3, -0.25) is 0 Å². The molecule has 3 rings (SSSR count). The number of likely N-dealkylation sites (tertiary alicyclic amines) is 1. The van der Waals surface area contributed by atoms with Crippen molar-refractivity contribution in [2.24, 2.45) is 0 Å². The van der Waals surface area contributed by atoms with Crippen molar-refractivity contribution in [3.63, 3.8) is 0 Å². The molecule has 2 amide bonds. The predicted molar refractivity (Wildman–Crippen MR) is 67.8 cm³/mol. The number of carbonyl (C=O) groups excluding carboxylic acids is 1. The van der Waals surface area contributed by atoms with E-state index in [4.69, 9.17) is 16.3 Å². The topological polar surface area (TPSA) is 41.6 Å². The first-order valence-electron chi connectivity index (χ1n) is 5.67. The summed E-state index contributed by atoms with van der Waals surface area (Å²) in [4.78, 5) is 13.9. The molecule has 0 radical (unpaired) electrons. The second-order valence-electron chi connectivity index (χ2n) is 4.40. The highest BCUT2D eigenvalue weighted by molar-refractivity contribution is 7.15. The molecular weight excluding hydrogens is 260 g/mol. The minimum Gasteiger partial charge on any atom is -0.371 e. The molecule has 3 heterocycles. The largest absolute Gasteiger partial charge is 0.371 e. The molecule has 0 saturated carbocycles. The summed E-state index contributed by atoms with van der Waals surface area (Å²) >= 11 is 7.37. The zero-order valence-corrected chi connectivity index (χ0v) is 10.8. The minimum atomic E-state index is -0.0782. The summed E-state index contributed by atoms with van der Waals surface area (Å²) in [6.45, 7) is 1.37. The third kappa shape index (κ3) is 2.27. The van der Waals surface area contributed by atoms with Gasteiger partial charge >= 0.3 is 6.03 Å². The van der Waals surface area contributed by atoms with Crippen LogP contribution in [0.4, 0.5) is 10.5 Å². The van der Waals surface area contributed by atoms with Gasteiger partial charge in [-0.2, -0.15) is 0 Å². The maximum absolute atomic E-state index is 12.0. The van der Waals surface area contributed by atoms with E-state index in [0.29, 0.717) is 23.1 Å². The molecule has 1 N–H and O–H groups in total. The van der Waals surface area contributed by atoms with Crippen molar-refractivity contribution in [2.75, 3.05) is 18.4 Å². The molecule has 2 saturated heterocycles. The number of carbonyl (C=O) groups is 1. The highest BCUT2D eigenvalue weighted by Crippen LogP contribution is 2.29. The monoisotopic (exact) mass is 272 g/mol. The van der Waals surface area contributed by atoms with Crippen LogP contribution in [0.3, 0.4) is 0 Å². The van der Waals surface area contributed by atoms with E-state index in [9.17, 15) is 4.79 Å². The maximum atomic E-state index is 12.0. The Hall–Kier alpha value is -0.780. The van der Waals surface area contributed by atoms with Gasteiger partial charge in [0, 0.05) is 13.1 Å². The predicted octanol–water partition coefficient (Wildman–Crippen LogP) is 2.80. The van der Waals surface area contributed by atoms with Gasteiger partial charge in [0.25, 0.3) is 0 Å². The molecule has 0 aromatic carbocycles. The number of nitrogens with one attached hydrogen (secondary N) is 1. The summed E-state index contributed by atoms with van der Waals surface area (Å²) in [5.41, 5.74) is 0.695. The van der Waals surface area contributed by atoms with Gasteiger partial charge < -0.3 is 15.0 Å². The highest BCUT2D eigenvalue weighted by Gasteiger charge is 2.35. The highest BCUT2D eigenvalue weighted by atomic mass is 35.5. The Morgan fingerprint density at radius 2 is 2.18 bits per heavy atom. The minimum absolute atomic E-state index is 0.0782. The first kappa shape index (κ1) is 11.3. The lowest BCUT2D eigenvalue weighted by Crippen LogP contribution is -2.47. The number of morpholine rings is 1. The maximum Gasteiger partial charge on any atom is 0.322 e. The van der Waals surface area contributed by atoms with Crippen molar-refractivity contribution in [1.29, 1.82) is 0 Å². The number of amides is 2. The van der Waals surface area contributed by atoms with E-state index in [1.807, 2.05) is 16.3 Å². The van der Waals surface area contributed by atoms with Gasteiger partial charge in [-0.1, -0.05) is 11.6 Å². The molecule has 0 aliphatic carbocycles. The van der Waals surface area contributed by atoms with Gasteiger partial charge in [0.15, 0.2) is 0 Å². The van der Waals surface area contributed by atoms with E-state index in [-0.39, 0.29) is 18.2 Å². The fourth-order valence-electron chi connectivity index (χ4n) is 2.36. The van der Waals surface area contributed by atoms with Crippen LogP contribution in [0.5, 0.6) is 0 Å². The zero-order chi connectivity index (χ0) is 11.8. The Kier molecular flexibility index (Phi) is 2.98. The quantitative estimate of drug-likeness (QED) is 0.854. The van der Waals surface area contributed by atoms with Gasteiger partial charge in [0.1, 0.15) is 4.34 Å². The normalized spacial score (nSPS) is 27.2. The van der Waals surface area contributed by atoms with Gasteiger partial charge in [0.05, 0.1) is 17.9 Å². The number of hydrogen-bond acceptors (Lipinski definition) is 3. The second kappa shape index (κ2) is 4.48. The molecule has 2 aliphatic rings. The number of nitrogens with zero attached hydrogens (tertiary/aromatic N) is 1. The lowest BCUT2D eigenvalue weighted by molar-refractivity contribution is -0.0219. The molecule has 4 nitrogen and oxygen atoms in total. The number of hydrogen-bond donors (Lipinski definition) is 1. The molecule has 1 aromatic rings. The van der Waals surface area contributed by atoms with Crippen molar-refractivity contribution >= 4 is 34.7 Å². The Morgan fingerprint density at radius 1 is 1.47 bits per heavy atom. The van der Waals surface area contributed by atoms with Crippen LogP contribution in [0, 0.1) is 0 Å². The van der Waals surface area contributed by atoms with E-state index in [1.54, 1.807) is 0 Å². The number of ether oxygens (including phenoxy) is 1. The van der Waals surface area contributed by atoms with Crippen LogP contribution in [-0.4, -0.2) is 36.2 Å². The molecule has 1 aromatic heterocycles. The molecule has 2 unspecified atom stereocenters. The van der Waals surface area contributed by atoms with Crippen LogP contribution < -0.4 is 5.32 Å². The first-order chi connectivity index (χ1) is 8.22. The molecule has 6 heteroatoms. The Bertz CT molecular complexity index is 425. The molecular formula is C11H13ClN2O2S.